The largest absolute Gasteiger partial charge is 0.380 e. The van der Waals surface area contributed by atoms with Crippen LogP contribution < -0.4 is 10.6 Å². The lowest BCUT2D eigenvalue weighted by Gasteiger charge is -2.07. The first-order valence-corrected chi connectivity index (χ1v) is 11.2. The highest BCUT2D eigenvalue weighted by atomic mass is 79.9. The maximum Gasteiger partial charge on any atom is 0.267 e. The SMILES string of the molecule is Cc1onc(-c2ccc(Br)cc2)c1C(=O)C1C=C(C(=O)NCCc2cccs2)NC1. The molecule has 4 rings (SSSR count). The Morgan fingerprint density at radius 1 is 1.30 bits per heavy atom. The van der Waals surface area contributed by atoms with Gasteiger partial charge in [-0.05, 0) is 43.0 Å². The Morgan fingerprint density at radius 2 is 2.10 bits per heavy atom. The summed E-state index contributed by atoms with van der Waals surface area (Å²) >= 11 is 5.08. The zero-order valence-corrected chi connectivity index (χ0v) is 18.7. The lowest BCUT2D eigenvalue weighted by atomic mass is 9.94. The first-order chi connectivity index (χ1) is 14.5. The summed E-state index contributed by atoms with van der Waals surface area (Å²) in [5.41, 5.74) is 2.21. The minimum Gasteiger partial charge on any atom is -0.380 e. The van der Waals surface area contributed by atoms with Crippen molar-refractivity contribution in [2.45, 2.75) is 13.3 Å². The van der Waals surface area contributed by atoms with Gasteiger partial charge in [-0.15, -0.1) is 11.3 Å². The molecule has 30 heavy (non-hydrogen) atoms. The van der Waals surface area contributed by atoms with Crippen molar-refractivity contribution in [2.24, 2.45) is 5.92 Å². The fourth-order valence-corrected chi connectivity index (χ4v) is 4.34. The number of halogens is 1. The van der Waals surface area contributed by atoms with Crippen LogP contribution in [0.3, 0.4) is 0 Å². The van der Waals surface area contributed by atoms with Gasteiger partial charge in [-0.2, -0.15) is 0 Å². The quantitative estimate of drug-likeness (QED) is 0.491. The Morgan fingerprint density at radius 3 is 2.83 bits per heavy atom. The topological polar surface area (TPSA) is 84.2 Å². The van der Waals surface area contributed by atoms with Crippen LogP contribution in [-0.2, 0) is 11.2 Å². The fourth-order valence-electron chi connectivity index (χ4n) is 3.37. The van der Waals surface area contributed by atoms with Gasteiger partial charge in [-0.1, -0.05) is 39.3 Å². The molecule has 0 bridgehead atoms. The van der Waals surface area contributed by atoms with Crippen LogP contribution >= 0.6 is 27.3 Å². The van der Waals surface area contributed by atoms with Gasteiger partial charge in [0.2, 0.25) is 0 Å². The van der Waals surface area contributed by atoms with Crippen molar-refractivity contribution in [1.29, 1.82) is 0 Å². The standard InChI is InChI=1S/C22H20BrN3O3S/c1-13-19(20(26-29-13)14-4-6-16(23)7-5-14)21(27)15-11-18(25-12-15)22(28)24-9-8-17-3-2-10-30-17/h2-7,10-11,15,25H,8-9,12H2,1H3,(H,24,28). The van der Waals surface area contributed by atoms with Crippen LogP contribution in [0.15, 0.2) is 62.5 Å². The second-order valence-electron chi connectivity index (χ2n) is 6.99. The normalized spacial score (nSPS) is 15.5. The summed E-state index contributed by atoms with van der Waals surface area (Å²) < 4.78 is 6.26. The number of nitrogens with one attached hydrogen (secondary N) is 2. The average Bonchev–Trinajstić information content (AvgIpc) is 3.49. The molecule has 0 saturated heterocycles. The van der Waals surface area contributed by atoms with Crippen molar-refractivity contribution in [3.63, 3.8) is 0 Å². The van der Waals surface area contributed by atoms with Crippen LogP contribution in [0.1, 0.15) is 21.0 Å². The molecule has 6 nitrogen and oxygen atoms in total. The van der Waals surface area contributed by atoms with Crippen molar-refractivity contribution in [3.8, 4) is 11.3 Å². The number of ketones is 1. The molecule has 0 saturated carbocycles. The van der Waals surface area contributed by atoms with Crippen LogP contribution in [0.2, 0.25) is 0 Å². The Bertz CT molecular complexity index is 1090. The monoisotopic (exact) mass is 485 g/mol. The summed E-state index contributed by atoms with van der Waals surface area (Å²) in [7, 11) is 0. The number of Topliss-reactive ketones (excluding diaryl/α,β-unsaturated/α-hetero) is 1. The molecule has 3 heterocycles. The first kappa shape index (κ1) is 20.6. The predicted molar refractivity (Wildman–Crippen MR) is 119 cm³/mol. The average molecular weight is 486 g/mol. The van der Waals surface area contributed by atoms with E-state index in [9.17, 15) is 9.59 Å². The number of aryl methyl sites for hydroxylation is 1. The fraction of sp³-hybridized carbons (Fsp3) is 0.227. The van der Waals surface area contributed by atoms with Gasteiger partial charge >= 0.3 is 0 Å². The van der Waals surface area contributed by atoms with E-state index in [1.54, 1.807) is 24.3 Å². The number of rotatable bonds is 7. The van der Waals surface area contributed by atoms with E-state index >= 15 is 0 Å². The maximum atomic E-state index is 13.2. The maximum absolute atomic E-state index is 13.2. The van der Waals surface area contributed by atoms with E-state index in [2.05, 4.69) is 31.7 Å². The Kier molecular flexibility index (Phi) is 6.15. The van der Waals surface area contributed by atoms with Crippen LogP contribution in [0.25, 0.3) is 11.3 Å². The number of aromatic nitrogens is 1. The molecule has 0 aliphatic carbocycles. The Hall–Kier alpha value is -2.71. The van der Waals surface area contributed by atoms with E-state index in [-0.39, 0.29) is 11.7 Å². The molecule has 0 radical (unpaired) electrons. The van der Waals surface area contributed by atoms with E-state index in [4.69, 9.17) is 4.52 Å². The summed E-state index contributed by atoms with van der Waals surface area (Å²) in [5.74, 6) is -0.284. The van der Waals surface area contributed by atoms with Crippen molar-refractivity contribution < 1.29 is 14.1 Å². The molecule has 1 aliphatic rings. The minimum absolute atomic E-state index is 0.111. The van der Waals surface area contributed by atoms with Crippen molar-refractivity contribution in [1.82, 2.24) is 15.8 Å². The second-order valence-corrected chi connectivity index (χ2v) is 8.93. The second kappa shape index (κ2) is 8.97. The van der Waals surface area contributed by atoms with Gasteiger partial charge in [-0.3, -0.25) is 9.59 Å². The third kappa shape index (κ3) is 4.39. The summed E-state index contributed by atoms with van der Waals surface area (Å²) in [6.07, 6.45) is 2.48. The first-order valence-electron chi connectivity index (χ1n) is 9.55. The Labute approximate surface area is 186 Å². The van der Waals surface area contributed by atoms with Gasteiger partial charge in [0.15, 0.2) is 5.78 Å². The van der Waals surface area contributed by atoms with Gasteiger partial charge in [0.25, 0.3) is 5.91 Å². The number of carbonyl (C=O) groups is 2. The van der Waals surface area contributed by atoms with Gasteiger partial charge in [0.05, 0.1) is 17.2 Å². The third-order valence-corrected chi connectivity index (χ3v) is 6.39. The number of nitrogens with zero attached hydrogens (tertiary/aromatic N) is 1. The van der Waals surface area contributed by atoms with Gasteiger partial charge in [0.1, 0.15) is 11.5 Å². The summed E-state index contributed by atoms with van der Waals surface area (Å²) in [6, 6.07) is 11.6. The molecular weight excluding hydrogens is 466 g/mol. The molecule has 1 unspecified atom stereocenters. The molecule has 1 aliphatic heterocycles. The number of hydrogen-bond donors (Lipinski definition) is 2. The molecule has 1 aromatic carbocycles. The van der Waals surface area contributed by atoms with E-state index in [1.165, 1.54) is 4.88 Å². The highest BCUT2D eigenvalue weighted by Crippen LogP contribution is 2.29. The molecule has 8 heteroatoms. The van der Waals surface area contributed by atoms with Crippen LogP contribution in [0, 0.1) is 12.8 Å². The highest BCUT2D eigenvalue weighted by Gasteiger charge is 2.31. The summed E-state index contributed by atoms with van der Waals surface area (Å²) in [4.78, 5) is 26.9. The van der Waals surface area contributed by atoms with Gasteiger partial charge in [0, 0.05) is 28.0 Å². The molecule has 1 amide bonds. The smallest absolute Gasteiger partial charge is 0.267 e. The van der Waals surface area contributed by atoms with Gasteiger partial charge in [-0.25, -0.2) is 0 Å². The highest BCUT2D eigenvalue weighted by molar-refractivity contribution is 9.10. The zero-order chi connectivity index (χ0) is 21.1. The van der Waals surface area contributed by atoms with Crippen molar-refractivity contribution in [3.05, 3.63) is 74.2 Å². The van der Waals surface area contributed by atoms with E-state index in [0.29, 0.717) is 35.8 Å². The predicted octanol–water partition coefficient (Wildman–Crippen LogP) is 4.12. The number of hydrogen-bond acceptors (Lipinski definition) is 6. The molecular formula is C22H20BrN3O3S. The van der Waals surface area contributed by atoms with E-state index < -0.39 is 5.92 Å². The molecule has 2 aromatic heterocycles. The van der Waals surface area contributed by atoms with Crippen LogP contribution in [-0.4, -0.2) is 29.9 Å². The van der Waals surface area contributed by atoms with Crippen molar-refractivity contribution in [2.75, 3.05) is 13.1 Å². The zero-order valence-electron chi connectivity index (χ0n) is 16.3. The van der Waals surface area contributed by atoms with Crippen LogP contribution in [0.5, 0.6) is 0 Å². The van der Waals surface area contributed by atoms with Crippen molar-refractivity contribution >= 4 is 39.0 Å². The van der Waals surface area contributed by atoms with E-state index in [0.717, 1.165) is 16.5 Å². The molecule has 0 fully saturated rings. The molecule has 1 atom stereocenters. The number of thiophene rings is 1. The number of amides is 1. The minimum atomic E-state index is -0.449. The Balaban J connectivity index is 1.45. The molecule has 3 aromatic rings. The molecule has 0 spiro atoms. The van der Waals surface area contributed by atoms with Gasteiger partial charge < -0.3 is 15.2 Å². The summed E-state index contributed by atoms with van der Waals surface area (Å²) in [5, 5.41) is 12.1. The van der Waals surface area contributed by atoms with E-state index in [1.807, 2.05) is 41.8 Å². The lowest BCUT2D eigenvalue weighted by molar-refractivity contribution is -0.117. The molecule has 154 valence electrons. The third-order valence-electron chi connectivity index (χ3n) is 4.93. The van der Waals surface area contributed by atoms with Crippen LogP contribution in [0.4, 0.5) is 0 Å². The number of benzene rings is 1. The lowest BCUT2D eigenvalue weighted by Crippen LogP contribution is -2.31. The molecule has 2 N–H and O–H groups in total. The summed E-state index contributed by atoms with van der Waals surface area (Å²) in [6.45, 7) is 2.65. The number of carbonyl (C=O) groups excluding carboxylic acids is 2.